The Morgan fingerprint density at radius 2 is 0.538 bits per heavy atom. The Labute approximate surface area is 632 Å². The normalized spacial score (nSPS) is 12.3. The number of Topliss-reactive ketones (excluding diaryl/α,β-unsaturated/α-hetero) is 1. The lowest BCUT2D eigenvalue weighted by Crippen LogP contribution is -2.40. The number of carboxylic acid groups (broad SMARTS) is 2. The SMILES string of the molecule is C#CCCCCCCCCCC(C/C(CCCCCCCCC(=O)O)=N/CCOCCOCCOCCOCCOCCOCCOCCOCCOCCOCCOCCOCCOCCOCCOCCOCCOCCOCCOCCOCCOCCOCCOCCN=[N+]=[N-])(C(C)=O)C(=O)O. The minimum atomic E-state index is -1.51. The lowest BCUT2D eigenvalue weighted by atomic mass is 9.74. The first-order chi connectivity index (χ1) is 52.3. The molecule has 0 rings (SSSR count). The largest absolute Gasteiger partial charge is 0.481 e. The van der Waals surface area contributed by atoms with E-state index in [-0.39, 0.29) is 25.0 Å². The first-order valence-corrected chi connectivity index (χ1v) is 38.5. The zero-order valence-corrected chi connectivity index (χ0v) is 64.5. The summed E-state index contributed by atoms with van der Waals surface area (Å²) in [7, 11) is 0. The maximum Gasteiger partial charge on any atom is 0.317 e. The monoisotopic (exact) mass is 1530 g/mol. The smallest absolute Gasteiger partial charge is 0.317 e. The minimum absolute atomic E-state index is 0.0890. The van der Waals surface area contributed by atoms with Gasteiger partial charge in [-0.25, -0.2) is 0 Å². The van der Waals surface area contributed by atoms with E-state index >= 15 is 0 Å². The maximum atomic E-state index is 13.1. The van der Waals surface area contributed by atoms with E-state index < -0.39 is 17.4 Å². The molecule has 1 atom stereocenters. The van der Waals surface area contributed by atoms with Crippen LogP contribution in [0, 0.1) is 17.8 Å². The molecule has 1 unspecified atom stereocenters. The zero-order valence-electron chi connectivity index (χ0n) is 64.5. The summed E-state index contributed by atoms with van der Waals surface area (Å²) < 4.78 is 127. The Morgan fingerprint density at radius 1 is 0.321 bits per heavy atom. The van der Waals surface area contributed by atoms with E-state index in [4.69, 9.17) is 131 Å². The van der Waals surface area contributed by atoms with Gasteiger partial charge in [0.25, 0.3) is 0 Å². The van der Waals surface area contributed by atoms with E-state index in [1.54, 1.807) is 0 Å². The predicted octanol–water partition coefficient (Wildman–Crippen LogP) is 7.52. The van der Waals surface area contributed by atoms with Gasteiger partial charge in [-0.1, -0.05) is 69.3 Å². The van der Waals surface area contributed by atoms with Crippen molar-refractivity contribution in [3.63, 3.8) is 0 Å². The van der Waals surface area contributed by atoms with Gasteiger partial charge in [0.05, 0.1) is 310 Å². The van der Waals surface area contributed by atoms with Gasteiger partial charge < -0.3 is 119 Å². The summed E-state index contributed by atoms with van der Waals surface area (Å²) in [5.41, 5.74) is 7.40. The van der Waals surface area contributed by atoms with Gasteiger partial charge in [0.2, 0.25) is 0 Å². The van der Waals surface area contributed by atoms with Crippen LogP contribution >= 0.6 is 0 Å². The van der Waals surface area contributed by atoms with Crippen molar-refractivity contribution in [1.29, 1.82) is 0 Å². The average Bonchev–Trinajstić information content (AvgIpc) is 0.816. The number of hydrogen-bond acceptors (Lipinski definition) is 28. The number of carboxylic acids is 2. The second-order valence-corrected chi connectivity index (χ2v) is 23.8. The highest BCUT2D eigenvalue weighted by molar-refractivity contribution is 6.06. The van der Waals surface area contributed by atoms with Crippen LogP contribution in [0.2, 0.25) is 0 Å². The summed E-state index contributed by atoms with van der Waals surface area (Å²) >= 11 is 0. The number of nitrogens with zero attached hydrogens (tertiary/aromatic N) is 4. The first kappa shape index (κ1) is 102. The summed E-state index contributed by atoms with van der Waals surface area (Å²) in [4.78, 5) is 44.1. The van der Waals surface area contributed by atoms with Crippen molar-refractivity contribution in [2.75, 3.05) is 317 Å². The van der Waals surface area contributed by atoms with E-state index in [9.17, 15) is 19.5 Å². The summed E-state index contributed by atoms with van der Waals surface area (Å²) in [6, 6.07) is 0. The first-order valence-electron chi connectivity index (χ1n) is 38.5. The highest BCUT2D eigenvalue weighted by Gasteiger charge is 2.43. The Kier molecular flexibility index (Phi) is 85.3. The van der Waals surface area contributed by atoms with Gasteiger partial charge in [-0.3, -0.25) is 19.4 Å². The van der Waals surface area contributed by atoms with Crippen molar-refractivity contribution in [3.05, 3.63) is 10.4 Å². The van der Waals surface area contributed by atoms with Gasteiger partial charge in [-0.15, -0.1) is 12.3 Å². The number of carbonyl (C=O) groups is 3. The molecule has 622 valence electrons. The predicted molar refractivity (Wildman–Crippen MR) is 395 cm³/mol. The lowest BCUT2D eigenvalue weighted by Gasteiger charge is -2.28. The molecule has 0 aromatic rings. The third-order valence-corrected chi connectivity index (χ3v) is 15.3. The van der Waals surface area contributed by atoms with Crippen LogP contribution in [0.5, 0.6) is 0 Å². The summed E-state index contributed by atoms with van der Waals surface area (Å²) in [6.45, 7) is 23.0. The van der Waals surface area contributed by atoms with Crippen LogP contribution in [0.3, 0.4) is 0 Å². The van der Waals surface area contributed by atoms with Gasteiger partial charge in [-0.2, -0.15) is 0 Å². The van der Waals surface area contributed by atoms with Crippen LogP contribution in [0.1, 0.15) is 122 Å². The average molecular weight is 1530 g/mol. The van der Waals surface area contributed by atoms with Gasteiger partial charge in [0.1, 0.15) is 11.2 Å². The van der Waals surface area contributed by atoms with Crippen molar-refractivity contribution in [2.45, 2.75) is 122 Å². The molecule has 0 aromatic heterocycles. The van der Waals surface area contributed by atoms with Gasteiger partial charge in [0, 0.05) is 36.4 Å². The number of aliphatic carboxylic acids is 2. The number of terminal acetylenes is 1. The van der Waals surface area contributed by atoms with Crippen LogP contribution in [-0.4, -0.2) is 351 Å². The molecule has 2 N–H and O–H groups in total. The molecule has 0 fully saturated rings. The maximum absolute atomic E-state index is 13.1. The van der Waals surface area contributed by atoms with E-state index in [0.29, 0.717) is 336 Å². The molecular weight excluding hydrogens is 1390 g/mol. The summed E-state index contributed by atoms with van der Waals surface area (Å²) in [5.74, 6) is 0.454. The van der Waals surface area contributed by atoms with Gasteiger partial charge >= 0.3 is 11.9 Å². The molecule has 32 nitrogen and oxygen atoms in total. The van der Waals surface area contributed by atoms with E-state index in [2.05, 4.69) is 15.9 Å². The van der Waals surface area contributed by atoms with Crippen molar-refractivity contribution in [1.82, 2.24) is 0 Å². The number of aliphatic imine (C=N–C) groups is 1. The number of azide groups is 1. The number of ether oxygens (including phenoxy) is 23. The molecule has 0 amide bonds. The fraction of sp³-hybridized carbons (Fsp3) is 0.919. The quantitative estimate of drug-likeness (QED) is 0.0113. The molecule has 106 heavy (non-hydrogen) atoms. The van der Waals surface area contributed by atoms with Crippen LogP contribution in [0.4, 0.5) is 0 Å². The molecule has 0 saturated carbocycles. The molecule has 0 spiro atoms. The van der Waals surface area contributed by atoms with Crippen LogP contribution in [0.25, 0.3) is 10.4 Å². The van der Waals surface area contributed by atoms with E-state index in [1.165, 1.54) is 6.92 Å². The Hall–Kier alpha value is -3.77. The molecule has 0 saturated heterocycles. The third kappa shape index (κ3) is 79.8. The van der Waals surface area contributed by atoms with Crippen molar-refractivity contribution in [2.24, 2.45) is 15.5 Å². The Balaban J connectivity index is 3.51. The molecular formula is C74H138N4O28. The third-order valence-electron chi connectivity index (χ3n) is 15.3. The van der Waals surface area contributed by atoms with Crippen molar-refractivity contribution >= 4 is 23.4 Å². The molecule has 32 heteroatoms. The molecule has 0 heterocycles. The topological polar surface area (TPSA) is 365 Å². The summed E-state index contributed by atoms with van der Waals surface area (Å²) in [6.07, 6.45) is 19.2. The lowest BCUT2D eigenvalue weighted by molar-refractivity contribution is -0.154. The Bertz CT molecular complexity index is 1970. The minimum Gasteiger partial charge on any atom is -0.481 e. The molecule has 0 radical (unpaired) electrons. The fourth-order valence-corrected chi connectivity index (χ4v) is 9.50. The molecule has 0 aliphatic rings. The van der Waals surface area contributed by atoms with Gasteiger partial charge in [0.15, 0.2) is 0 Å². The van der Waals surface area contributed by atoms with Gasteiger partial charge in [-0.05, 0) is 44.6 Å². The molecule has 0 aromatic carbocycles. The second-order valence-electron chi connectivity index (χ2n) is 23.8. The van der Waals surface area contributed by atoms with E-state index in [1.807, 2.05) is 0 Å². The number of ketones is 1. The molecule has 0 aliphatic heterocycles. The number of unbranched alkanes of at least 4 members (excludes halogenated alkanes) is 12. The molecule has 0 aliphatic carbocycles. The van der Waals surface area contributed by atoms with E-state index in [0.717, 1.165) is 82.8 Å². The Morgan fingerprint density at radius 3 is 0.764 bits per heavy atom. The number of hydrogen-bond donors (Lipinski definition) is 2. The van der Waals surface area contributed by atoms with Crippen molar-refractivity contribution in [3.8, 4) is 12.3 Å². The second kappa shape index (κ2) is 88.4. The molecule has 0 bridgehead atoms. The van der Waals surface area contributed by atoms with Crippen LogP contribution in [-0.2, 0) is 123 Å². The standard InChI is InChI=1S/C74H138N4O28/c1-3-4-5-6-7-8-11-14-17-20-74(70(2)79,73(82)83)69-71(18-15-12-9-10-13-16-19-72(80)81)76-21-23-84-25-27-86-29-31-88-33-35-90-37-39-92-41-43-94-45-47-96-49-51-98-53-55-100-57-59-102-61-63-104-65-67-106-68-66-105-64-62-103-60-58-101-56-54-99-52-50-97-48-46-95-44-42-93-40-38-91-36-34-89-32-30-87-28-26-85-24-22-77-78-75/h1H,4-69H2,2H3,(H,80,81)(H,82,83)/b76-71+. The number of rotatable bonds is 94. The van der Waals surface area contributed by atoms with Crippen LogP contribution in [0.15, 0.2) is 10.1 Å². The highest BCUT2D eigenvalue weighted by atomic mass is 16.6. The van der Waals surface area contributed by atoms with Crippen LogP contribution < -0.4 is 0 Å². The zero-order chi connectivity index (χ0) is 76.6. The number of carbonyl (C=O) groups excluding carboxylic acids is 1. The van der Waals surface area contributed by atoms with Crippen molar-refractivity contribution < 1.29 is 134 Å². The highest BCUT2D eigenvalue weighted by Crippen LogP contribution is 2.33. The fourth-order valence-electron chi connectivity index (χ4n) is 9.50. The summed E-state index contributed by atoms with van der Waals surface area (Å²) in [5, 5.41) is 22.7.